The SMILES string of the molecule is CNc1nc(=O)n(-c2cccc(NC(=O)COc3cccc(-n4c(=O)nc(NC)c5c6occc6c(Cl)cc54)c3)c2)c2cc(Cl)c3ccoc3c12. The van der Waals surface area contributed by atoms with Crippen LogP contribution >= 0.6 is 23.2 Å². The number of rotatable bonds is 8. The molecule has 0 aliphatic carbocycles. The summed E-state index contributed by atoms with van der Waals surface area (Å²) in [6, 6.07) is 20.3. The van der Waals surface area contributed by atoms with Crippen molar-refractivity contribution in [2.75, 3.05) is 36.7 Å². The maximum atomic E-state index is 13.3. The number of carbonyl (C=O) groups is 1. The molecule has 0 radical (unpaired) electrons. The molecule has 51 heavy (non-hydrogen) atoms. The summed E-state index contributed by atoms with van der Waals surface area (Å²) in [5, 5.41) is 12.1. The lowest BCUT2D eigenvalue weighted by atomic mass is 10.1. The Morgan fingerprint density at radius 3 is 1.82 bits per heavy atom. The van der Waals surface area contributed by atoms with Gasteiger partial charge in [0.1, 0.15) is 28.6 Å². The van der Waals surface area contributed by atoms with Gasteiger partial charge in [-0.05, 0) is 54.6 Å². The number of fused-ring (bicyclic) bond motifs is 6. The van der Waals surface area contributed by atoms with Crippen molar-refractivity contribution >= 4 is 90.2 Å². The molecule has 3 N–H and O–H groups in total. The summed E-state index contributed by atoms with van der Waals surface area (Å²) in [5.41, 5.74) is 2.09. The Morgan fingerprint density at radius 2 is 1.27 bits per heavy atom. The number of anilines is 3. The number of benzene rings is 4. The Balaban J connectivity index is 1.07. The Labute approximate surface area is 297 Å². The first-order valence-corrected chi connectivity index (χ1v) is 16.2. The first kappa shape index (κ1) is 31.9. The van der Waals surface area contributed by atoms with E-state index in [-0.39, 0.29) is 6.61 Å². The third-order valence-corrected chi connectivity index (χ3v) is 9.02. The number of amides is 1. The number of nitrogens with zero attached hydrogens (tertiary/aromatic N) is 4. The molecule has 4 aromatic heterocycles. The molecule has 13 nitrogen and oxygen atoms in total. The van der Waals surface area contributed by atoms with Gasteiger partial charge in [0.2, 0.25) is 0 Å². The number of aromatic nitrogens is 4. The molecular weight excluding hydrogens is 697 g/mol. The second-order valence-electron chi connectivity index (χ2n) is 11.4. The molecule has 0 spiro atoms. The van der Waals surface area contributed by atoms with Crippen molar-refractivity contribution in [3.8, 4) is 17.1 Å². The monoisotopic (exact) mass is 721 g/mol. The van der Waals surface area contributed by atoms with Gasteiger partial charge in [-0.15, -0.1) is 0 Å². The van der Waals surface area contributed by atoms with Crippen molar-refractivity contribution in [1.82, 2.24) is 19.1 Å². The second kappa shape index (κ2) is 12.5. The predicted molar refractivity (Wildman–Crippen MR) is 197 cm³/mol. The summed E-state index contributed by atoms with van der Waals surface area (Å²) in [6.07, 6.45) is 3.04. The van der Waals surface area contributed by atoms with Crippen LogP contribution in [0.25, 0.3) is 55.1 Å². The third-order valence-electron chi connectivity index (χ3n) is 8.40. The topological polar surface area (TPSA) is 158 Å². The van der Waals surface area contributed by atoms with Crippen LogP contribution in [0.3, 0.4) is 0 Å². The number of halogens is 2. The zero-order valence-electron chi connectivity index (χ0n) is 26.8. The van der Waals surface area contributed by atoms with E-state index in [9.17, 15) is 14.4 Å². The number of carbonyl (C=O) groups excluding carboxylic acids is 1. The Morgan fingerprint density at radius 1 is 0.745 bits per heavy atom. The molecule has 15 heteroatoms. The highest BCUT2D eigenvalue weighted by Crippen LogP contribution is 2.37. The van der Waals surface area contributed by atoms with Crippen molar-refractivity contribution < 1.29 is 18.4 Å². The van der Waals surface area contributed by atoms with Gasteiger partial charge in [-0.1, -0.05) is 35.3 Å². The Kier molecular flexibility index (Phi) is 7.85. The highest BCUT2D eigenvalue weighted by Gasteiger charge is 2.20. The molecule has 0 saturated heterocycles. The van der Waals surface area contributed by atoms with Crippen LogP contribution in [-0.2, 0) is 4.79 Å². The van der Waals surface area contributed by atoms with E-state index in [1.165, 1.54) is 21.7 Å². The van der Waals surface area contributed by atoms with Crippen LogP contribution in [-0.4, -0.2) is 45.7 Å². The van der Waals surface area contributed by atoms with E-state index in [2.05, 4.69) is 25.9 Å². The average Bonchev–Trinajstić information content (AvgIpc) is 3.82. The number of nitrogens with one attached hydrogen (secondary N) is 3. The molecule has 0 aliphatic rings. The van der Waals surface area contributed by atoms with Gasteiger partial charge >= 0.3 is 11.4 Å². The molecule has 0 bridgehead atoms. The van der Waals surface area contributed by atoms with E-state index in [0.717, 1.165) is 0 Å². The molecule has 0 fully saturated rings. The summed E-state index contributed by atoms with van der Waals surface area (Å²) in [6.45, 7) is -0.355. The summed E-state index contributed by atoms with van der Waals surface area (Å²) in [4.78, 5) is 48.1. The molecular formula is C36H25Cl2N7O6. The first-order valence-electron chi connectivity index (χ1n) is 15.5. The van der Waals surface area contributed by atoms with Crippen LogP contribution in [0.5, 0.6) is 5.75 Å². The standard InChI is InChI=1S/C36H25Cl2N7O6/c1-39-33-29-26(15-24(37)22-9-11-49-31(22)29)44(35(47)42-33)19-6-3-5-18(13-19)41-28(46)17-51-21-8-4-7-20(14-21)45-27-16-25(38)23-10-12-50-32(23)30(27)34(40-2)43-36(45)48/h3-16H,17H2,1-2H3,(H,41,46)(H,39,42,47)(H,40,43,48). The number of ether oxygens (including phenoxy) is 1. The average molecular weight is 723 g/mol. The fourth-order valence-corrected chi connectivity index (χ4v) is 6.72. The maximum Gasteiger partial charge on any atom is 0.354 e. The molecule has 8 rings (SSSR count). The van der Waals surface area contributed by atoms with Crippen LogP contribution < -0.4 is 32.1 Å². The van der Waals surface area contributed by atoms with Crippen LogP contribution in [0.1, 0.15) is 0 Å². The van der Waals surface area contributed by atoms with Crippen molar-refractivity contribution in [2.45, 2.75) is 0 Å². The van der Waals surface area contributed by atoms with E-state index in [4.69, 9.17) is 36.8 Å². The first-order chi connectivity index (χ1) is 24.7. The minimum Gasteiger partial charge on any atom is -0.484 e. The van der Waals surface area contributed by atoms with Crippen LogP contribution in [0, 0.1) is 0 Å². The minimum atomic E-state index is -0.556. The summed E-state index contributed by atoms with van der Waals surface area (Å²) in [7, 11) is 3.33. The zero-order chi connectivity index (χ0) is 35.4. The zero-order valence-corrected chi connectivity index (χ0v) is 28.3. The fourth-order valence-electron chi connectivity index (χ4n) is 6.22. The van der Waals surface area contributed by atoms with E-state index < -0.39 is 17.3 Å². The summed E-state index contributed by atoms with van der Waals surface area (Å²) in [5.74, 6) is 0.554. The van der Waals surface area contributed by atoms with Gasteiger partial charge in [-0.3, -0.25) is 13.9 Å². The largest absolute Gasteiger partial charge is 0.484 e. The third kappa shape index (κ3) is 5.39. The Hall–Kier alpha value is -6.31. The van der Waals surface area contributed by atoms with Gasteiger partial charge < -0.3 is 29.5 Å². The minimum absolute atomic E-state index is 0.328. The summed E-state index contributed by atoms with van der Waals surface area (Å²) < 4.78 is 20.1. The van der Waals surface area contributed by atoms with Crippen LogP contribution in [0.2, 0.25) is 10.0 Å². The molecule has 254 valence electrons. The lowest BCUT2D eigenvalue weighted by Crippen LogP contribution is -2.24. The normalized spacial score (nSPS) is 11.5. The lowest BCUT2D eigenvalue weighted by Gasteiger charge is -2.15. The second-order valence-corrected chi connectivity index (χ2v) is 12.2. The molecule has 0 atom stereocenters. The summed E-state index contributed by atoms with van der Waals surface area (Å²) >= 11 is 13.1. The molecule has 0 aliphatic heterocycles. The molecule has 4 heterocycles. The van der Waals surface area contributed by atoms with E-state index in [1.807, 2.05) is 0 Å². The highest BCUT2D eigenvalue weighted by molar-refractivity contribution is 6.38. The van der Waals surface area contributed by atoms with Gasteiger partial charge in [0, 0.05) is 36.6 Å². The molecule has 8 aromatic rings. The lowest BCUT2D eigenvalue weighted by molar-refractivity contribution is -0.118. The van der Waals surface area contributed by atoms with Crippen LogP contribution in [0.4, 0.5) is 17.3 Å². The van der Waals surface area contributed by atoms with Crippen molar-refractivity contribution in [3.05, 3.63) is 116 Å². The molecule has 1 amide bonds. The van der Waals surface area contributed by atoms with Gasteiger partial charge in [-0.25, -0.2) is 9.59 Å². The van der Waals surface area contributed by atoms with Gasteiger partial charge in [0.25, 0.3) is 5.91 Å². The van der Waals surface area contributed by atoms with Gasteiger partial charge in [0.15, 0.2) is 6.61 Å². The maximum absolute atomic E-state index is 13.3. The van der Waals surface area contributed by atoms with E-state index in [1.54, 1.807) is 86.9 Å². The molecule has 4 aromatic carbocycles. The number of furan rings is 2. The number of hydrogen-bond acceptors (Lipinski definition) is 10. The fraction of sp³-hybridized carbons (Fsp3) is 0.0833. The quantitative estimate of drug-likeness (QED) is 0.149. The highest BCUT2D eigenvalue weighted by atomic mass is 35.5. The molecule has 0 saturated carbocycles. The van der Waals surface area contributed by atoms with E-state index >= 15 is 0 Å². The Bertz CT molecular complexity index is 2820. The molecule has 0 unspecified atom stereocenters. The van der Waals surface area contributed by atoms with E-state index in [0.29, 0.717) is 88.2 Å². The van der Waals surface area contributed by atoms with Crippen molar-refractivity contribution in [2.24, 2.45) is 0 Å². The van der Waals surface area contributed by atoms with Crippen molar-refractivity contribution in [3.63, 3.8) is 0 Å². The van der Waals surface area contributed by atoms with Crippen molar-refractivity contribution in [1.29, 1.82) is 0 Å². The van der Waals surface area contributed by atoms with Gasteiger partial charge in [-0.2, -0.15) is 9.97 Å². The number of hydrogen-bond donors (Lipinski definition) is 3. The smallest absolute Gasteiger partial charge is 0.354 e. The predicted octanol–water partition coefficient (Wildman–Crippen LogP) is 6.98. The van der Waals surface area contributed by atoms with Gasteiger partial charge in [0.05, 0.1) is 55.8 Å². The van der Waals surface area contributed by atoms with Crippen LogP contribution in [0.15, 0.2) is 104 Å².